The van der Waals surface area contributed by atoms with E-state index in [-0.39, 0.29) is 98.8 Å². The fourth-order valence-electron chi connectivity index (χ4n) is 1.75. The summed E-state index contributed by atoms with van der Waals surface area (Å²) in [6.45, 7) is 1.82. The van der Waals surface area contributed by atoms with Crippen LogP contribution in [0.2, 0.25) is 0 Å². The van der Waals surface area contributed by atoms with Crippen molar-refractivity contribution in [2.45, 2.75) is 106 Å². The quantitative estimate of drug-likeness (QED) is 0.0676. The molecule has 0 aliphatic heterocycles. The van der Waals surface area contributed by atoms with Crippen molar-refractivity contribution in [3.63, 3.8) is 0 Å². The van der Waals surface area contributed by atoms with Gasteiger partial charge >= 0.3 is 35.5 Å². The van der Waals surface area contributed by atoms with E-state index in [1.165, 1.54) is 0 Å². The largest absolute Gasteiger partial charge is 1.00 e. The van der Waals surface area contributed by atoms with E-state index >= 15 is 0 Å². The van der Waals surface area contributed by atoms with Crippen molar-refractivity contribution in [2.24, 2.45) is 0 Å². The van der Waals surface area contributed by atoms with E-state index in [9.17, 15) is 37.6 Å². The van der Waals surface area contributed by atoms with Gasteiger partial charge in [-0.05, 0) is 57.8 Å². The third-order valence-electron chi connectivity index (χ3n) is 3.47. The SMILES string of the molecule is C.C.C.CCC(=O)O.O=C([O-])CCCCCO.O=C([O-])CCCCO.O=S(=O)([O-])CC(O)CCCCO.[HH].[Na+]. The molecule has 0 heterocycles. The van der Waals surface area contributed by atoms with Crippen LogP contribution in [0.25, 0.3) is 0 Å². The first kappa shape index (κ1) is 57.1. The number of hydrogen-bond acceptors (Lipinski definition) is 12. The molecule has 0 saturated carbocycles. The van der Waals surface area contributed by atoms with Crippen molar-refractivity contribution in [3.05, 3.63) is 0 Å². The molecular formula is C23H53NaO13S-2. The number of carbonyl (C=O) groups is 3. The molecular weight excluding hydrogens is 539 g/mol. The summed E-state index contributed by atoms with van der Waals surface area (Å²) < 4.78 is 30.3. The van der Waals surface area contributed by atoms with E-state index in [4.69, 9.17) is 25.5 Å². The third kappa shape index (κ3) is 83.5. The zero-order valence-electron chi connectivity index (χ0n) is 20.6. The normalized spacial score (nSPS) is 9.74. The molecule has 0 aliphatic carbocycles. The Kier molecular flexibility index (Phi) is 65.0. The van der Waals surface area contributed by atoms with Gasteiger partial charge in [0.05, 0.1) is 22.0 Å². The van der Waals surface area contributed by atoms with Crippen LogP contribution in [-0.2, 0) is 24.5 Å². The van der Waals surface area contributed by atoms with E-state index in [0.29, 0.717) is 38.5 Å². The molecule has 0 bridgehead atoms. The Balaban J connectivity index is -0.0000000436. The average molecular weight is 593 g/mol. The number of rotatable bonds is 16. The smallest absolute Gasteiger partial charge is 0.748 e. The maximum absolute atomic E-state index is 10.1. The Morgan fingerprint density at radius 2 is 1.08 bits per heavy atom. The Bertz CT molecular complexity index is 595. The van der Waals surface area contributed by atoms with Crippen LogP contribution in [0, 0.1) is 0 Å². The second-order valence-corrected chi connectivity index (χ2v) is 8.25. The van der Waals surface area contributed by atoms with Gasteiger partial charge in [0.2, 0.25) is 0 Å². The molecule has 15 heteroatoms. The summed E-state index contributed by atoms with van der Waals surface area (Å²) in [5.41, 5.74) is 0. The predicted molar refractivity (Wildman–Crippen MR) is 138 cm³/mol. The van der Waals surface area contributed by atoms with Crippen molar-refractivity contribution >= 4 is 28.0 Å². The minimum Gasteiger partial charge on any atom is -0.748 e. The molecule has 0 amide bonds. The maximum Gasteiger partial charge on any atom is 1.00 e. The topological polar surface area (TPSA) is 256 Å². The first-order valence-electron chi connectivity index (χ1n) is 10.8. The molecule has 1 unspecified atom stereocenters. The van der Waals surface area contributed by atoms with Crippen molar-refractivity contribution < 1.29 is 94.1 Å². The molecule has 0 saturated heterocycles. The van der Waals surface area contributed by atoms with Crippen LogP contribution in [0.1, 0.15) is 101 Å². The minimum absolute atomic E-state index is 0. The molecule has 38 heavy (non-hydrogen) atoms. The third-order valence-corrected chi connectivity index (χ3v) is 4.27. The zero-order chi connectivity index (χ0) is 27.4. The minimum atomic E-state index is -4.32. The van der Waals surface area contributed by atoms with E-state index in [1.54, 1.807) is 6.92 Å². The van der Waals surface area contributed by atoms with Crippen molar-refractivity contribution in [1.29, 1.82) is 0 Å². The molecule has 5 N–H and O–H groups in total. The molecule has 0 aromatic heterocycles. The van der Waals surface area contributed by atoms with Gasteiger partial charge in [-0.2, -0.15) is 0 Å². The number of aliphatic hydroxyl groups is 4. The number of unbranched alkanes of at least 4 members (excludes halogenated alkanes) is 4. The van der Waals surface area contributed by atoms with Crippen molar-refractivity contribution in [3.8, 4) is 0 Å². The Morgan fingerprint density at radius 1 is 0.763 bits per heavy atom. The van der Waals surface area contributed by atoms with Gasteiger partial charge in [-0.25, -0.2) is 8.42 Å². The van der Waals surface area contributed by atoms with Gasteiger partial charge in [0.15, 0.2) is 0 Å². The van der Waals surface area contributed by atoms with Crippen molar-refractivity contribution in [1.82, 2.24) is 0 Å². The number of carboxylic acid groups (broad SMARTS) is 3. The van der Waals surface area contributed by atoms with Crippen LogP contribution in [0.5, 0.6) is 0 Å². The van der Waals surface area contributed by atoms with Crippen LogP contribution in [0.3, 0.4) is 0 Å². The van der Waals surface area contributed by atoms with Crippen LogP contribution in [0.15, 0.2) is 0 Å². The molecule has 0 fully saturated rings. The fourth-order valence-corrected chi connectivity index (χ4v) is 2.39. The standard InChI is InChI=1S/C6H14O5S.C6H12O3.C5H10O3.C3H6O2.3CH4.Na.H2/c7-4-2-1-3-6(8)5-12(9,10)11;7-5-3-1-2-4-6(8)9;6-4-2-1-3-5(7)8;1-2-3(4)5;;;;;/h6-8H,1-5H2,(H,9,10,11);7H,1-5H2,(H,8,9);6H,1-4H2,(H,7,8);2H2,1H3,(H,4,5);3*1H4;;1H/q;;;;;;;+1;/p-3. The van der Waals surface area contributed by atoms with Crippen LogP contribution in [0.4, 0.5) is 0 Å². The maximum atomic E-state index is 10.1. The van der Waals surface area contributed by atoms with Gasteiger partial charge in [-0.1, -0.05) is 35.6 Å². The molecule has 13 nitrogen and oxygen atoms in total. The van der Waals surface area contributed by atoms with E-state index in [1.807, 2.05) is 0 Å². The Morgan fingerprint density at radius 3 is 1.37 bits per heavy atom. The average Bonchev–Trinajstić information content (AvgIpc) is 2.71. The van der Waals surface area contributed by atoms with Gasteiger partial charge in [0.1, 0.15) is 0 Å². The second kappa shape index (κ2) is 43.2. The van der Waals surface area contributed by atoms with Gasteiger partial charge < -0.3 is 49.9 Å². The summed E-state index contributed by atoms with van der Waals surface area (Å²) in [4.78, 5) is 28.8. The molecule has 0 aromatic rings. The van der Waals surface area contributed by atoms with Crippen LogP contribution < -0.4 is 39.8 Å². The summed E-state index contributed by atoms with van der Waals surface area (Å²) in [5.74, 6) is -3.53. The summed E-state index contributed by atoms with van der Waals surface area (Å²) in [7, 11) is -4.32. The van der Waals surface area contributed by atoms with Gasteiger partial charge in [-0.15, -0.1) is 0 Å². The molecule has 0 aliphatic rings. The number of carboxylic acids is 3. The molecule has 0 rings (SSSR count). The van der Waals surface area contributed by atoms with E-state index in [2.05, 4.69) is 0 Å². The van der Waals surface area contributed by atoms with Gasteiger partial charge in [0, 0.05) is 39.6 Å². The first-order valence-corrected chi connectivity index (χ1v) is 12.4. The van der Waals surface area contributed by atoms with Crippen LogP contribution in [-0.4, -0.2) is 88.1 Å². The van der Waals surface area contributed by atoms with E-state index in [0.717, 1.165) is 6.42 Å². The summed E-state index contributed by atoms with van der Waals surface area (Å²) in [6, 6.07) is 0. The number of aliphatic carboxylic acids is 3. The zero-order valence-corrected chi connectivity index (χ0v) is 23.4. The molecule has 0 aromatic carbocycles. The number of aliphatic hydroxyl groups excluding tert-OH is 4. The van der Waals surface area contributed by atoms with Crippen LogP contribution >= 0.6 is 0 Å². The second-order valence-electron chi connectivity index (χ2n) is 6.80. The fraction of sp³-hybridized carbons (Fsp3) is 0.870. The first-order chi connectivity index (χ1) is 15.8. The number of hydrogen-bond donors (Lipinski definition) is 5. The van der Waals surface area contributed by atoms with E-state index < -0.39 is 39.9 Å². The monoisotopic (exact) mass is 592 g/mol. The molecule has 0 radical (unpaired) electrons. The van der Waals surface area contributed by atoms with Crippen molar-refractivity contribution in [2.75, 3.05) is 25.6 Å². The summed E-state index contributed by atoms with van der Waals surface area (Å²) in [6.07, 6.45) is 3.69. The molecule has 232 valence electrons. The Hall–Kier alpha value is -0.840. The van der Waals surface area contributed by atoms with Gasteiger partial charge in [0.25, 0.3) is 0 Å². The molecule has 0 spiro atoms. The summed E-state index contributed by atoms with van der Waals surface area (Å²) >= 11 is 0. The Labute approximate surface area is 252 Å². The summed E-state index contributed by atoms with van der Waals surface area (Å²) in [5, 5.41) is 60.9. The number of carbonyl (C=O) groups excluding carboxylic acids is 2. The van der Waals surface area contributed by atoms with Gasteiger partial charge in [-0.3, -0.25) is 4.79 Å². The molecule has 1 atom stereocenters. The predicted octanol–water partition coefficient (Wildman–Crippen LogP) is -3.12.